The SMILES string of the molecule is CC/C=C\C/C=C\C/C=C\C/C=C\CCC(=O)OCC(COC(=O)CCCCCCCCCCCCCCCCCCCCCCCCCCCCCCCCC)OC(=O)CCCCCCCCCCC/C=C\CCCCCCCCCC. The molecule has 1 atom stereocenters. The number of carbonyl (C=O) groups excluding carboxylic acids is 3. The molecule has 83 heavy (non-hydrogen) atoms. The molecule has 0 aliphatic carbocycles. The zero-order chi connectivity index (χ0) is 59.9. The molecule has 0 aliphatic heterocycles. The Labute approximate surface area is 517 Å². The lowest BCUT2D eigenvalue weighted by molar-refractivity contribution is -0.166. The van der Waals surface area contributed by atoms with Gasteiger partial charge in [-0.1, -0.05) is 364 Å². The first-order valence-corrected chi connectivity index (χ1v) is 36.8. The van der Waals surface area contributed by atoms with Crippen LogP contribution in [0.2, 0.25) is 0 Å². The molecule has 0 aromatic carbocycles. The number of unbranched alkanes of at least 4 members (excludes halogenated alkanes) is 47. The van der Waals surface area contributed by atoms with Crippen LogP contribution < -0.4 is 0 Å². The van der Waals surface area contributed by atoms with Gasteiger partial charge < -0.3 is 14.2 Å². The Balaban J connectivity index is 4.19. The molecule has 0 heterocycles. The van der Waals surface area contributed by atoms with Gasteiger partial charge in [-0.05, 0) is 70.6 Å². The zero-order valence-electron chi connectivity index (χ0n) is 55.7. The fourth-order valence-corrected chi connectivity index (χ4v) is 11.0. The van der Waals surface area contributed by atoms with Crippen LogP contribution in [0.3, 0.4) is 0 Å². The molecule has 0 radical (unpaired) electrons. The van der Waals surface area contributed by atoms with Gasteiger partial charge in [-0.25, -0.2) is 0 Å². The molecular weight excluding hydrogens is 1020 g/mol. The highest BCUT2D eigenvalue weighted by atomic mass is 16.6. The monoisotopic (exact) mass is 1160 g/mol. The topological polar surface area (TPSA) is 78.9 Å². The summed E-state index contributed by atoms with van der Waals surface area (Å²) in [6.07, 6.45) is 93.0. The highest BCUT2D eigenvalue weighted by Crippen LogP contribution is 2.19. The quantitative estimate of drug-likeness (QED) is 0.0261. The Bertz CT molecular complexity index is 1470. The van der Waals surface area contributed by atoms with Crippen LogP contribution in [-0.4, -0.2) is 37.2 Å². The van der Waals surface area contributed by atoms with Gasteiger partial charge in [-0.2, -0.15) is 0 Å². The minimum atomic E-state index is -0.804. The lowest BCUT2D eigenvalue weighted by atomic mass is 10.0. The van der Waals surface area contributed by atoms with E-state index < -0.39 is 6.10 Å². The van der Waals surface area contributed by atoms with Gasteiger partial charge in [-0.3, -0.25) is 14.4 Å². The number of ether oxygens (including phenoxy) is 3. The highest BCUT2D eigenvalue weighted by molar-refractivity contribution is 5.71. The summed E-state index contributed by atoms with van der Waals surface area (Å²) >= 11 is 0. The van der Waals surface area contributed by atoms with Crippen molar-refractivity contribution < 1.29 is 28.6 Å². The maximum absolute atomic E-state index is 12.9. The van der Waals surface area contributed by atoms with Crippen molar-refractivity contribution in [3.05, 3.63) is 60.8 Å². The number of hydrogen-bond donors (Lipinski definition) is 0. The van der Waals surface area contributed by atoms with Gasteiger partial charge in [0, 0.05) is 19.3 Å². The van der Waals surface area contributed by atoms with E-state index >= 15 is 0 Å². The Kier molecular flexibility index (Phi) is 69.1. The first kappa shape index (κ1) is 80.1. The zero-order valence-corrected chi connectivity index (χ0v) is 55.7. The van der Waals surface area contributed by atoms with Gasteiger partial charge >= 0.3 is 17.9 Å². The fraction of sp³-hybridized carbons (Fsp3) is 0.831. The molecule has 1 unspecified atom stereocenters. The van der Waals surface area contributed by atoms with Gasteiger partial charge in [0.05, 0.1) is 0 Å². The first-order valence-electron chi connectivity index (χ1n) is 36.8. The number of carbonyl (C=O) groups is 3. The smallest absolute Gasteiger partial charge is 0.306 e. The van der Waals surface area contributed by atoms with E-state index in [1.807, 2.05) is 6.08 Å². The van der Waals surface area contributed by atoms with Crippen LogP contribution in [0, 0.1) is 0 Å². The average Bonchev–Trinajstić information content (AvgIpc) is 3.49. The van der Waals surface area contributed by atoms with Crippen LogP contribution in [0.25, 0.3) is 0 Å². The third kappa shape index (κ3) is 69.8. The average molecular weight is 1160 g/mol. The second-order valence-electron chi connectivity index (χ2n) is 24.8. The standard InChI is InChI=1S/C77H140O6/c1-4-7-10-13-16-19-22-25-27-29-31-33-34-35-36-37-38-39-40-41-42-44-45-47-49-52-55-58-61-64-67-70-76(79)82-73-74(72-81-75(78)69-66-63-60-57-54-51-24-21-18-15-12-9-6-3)83-77(80)71-68-65-62-59-56-53-50-48-46-43-32-30-28-26-23-20-17-14-11-8-5-2/h9,12,18,21,30,32,51,54,60,63,74H,4-8,10-11,13-17,19-20,22-29,31,33-50,52-53,55-59,61-62,64-73H2,1-3H3/b12-9-,21-18-,32-30-,54-51-,63-60-. The van der Waals surface area contributed by atoms with E-state index in [-0.39, 0.29) is 37.5 Å². The highest BCUT2D eigenvalue weighted by Gasteiger charge is 2.19. The van der Waals surface area contributed by atoms with Crippen molar-refractivity contribution >= 4 is 17.9 Å². The van der Waals surface area contributed by atoms with Crippen LogP contribution in [-0.2, 0) is 28.6 Å². The van der Waals surface area contributed by atoms with E-state index in [1.165, 1.54) is 283 Å². The molecule has 0 saturated carbocycles. The second-order valence-corrected chi connectivity index (χ2v) is 24.8. The first-order chi connectivity index (χ1) is 41.0. The maximum atomic E-state index is 12.9. The minimum Gasteiger partial charge on any atom is -0.462 e. The van der Waals surface area contributed by atoms with E-state index in [2.05, 4.69) is 75.5 Å². The van der Waals surface area contributed by atoms with Crippen molar-refractivity contribution in [2.75, 3.05) is 13.2 Å². The van der Waals surface area contributed by atoms with Crippen molar-refractivity contribution in [3.63, 3.8) is 0 Å². The lowest BCUT2D eigenvalue weighted by Crippen LogP contribution is -2.30. The summed E-state index contributed by atoms with van der Waals surface area (Å²) in [6.45, 7) is 6.53. The number of allylic oxidation sites excluding steroid dienone is 10. The Hall–Kier alpha value is -2.89. The fourth-order valence-electron chi connectivity index (χ4n) is 11.0. The summed E-state index contributed by atoms with van der Waals surface area (Å²) in [5, 5.41) is 0. The van der Waals surface area contributed by atoms with E-state index in [4.69, 9.17) is 14.2 Å². The van der Waals surface area contributed by atoms with E-state index in [0.717, 1.165) is 64.2 Å². The van der Waals surface area contributed by atoms with E-state index in [9.17, 15) is 14.4 Å². The molecule has 0 spiro atoms. The Morgan fingerprint density at radius 1 is 0.253 bits per heavy atom. The number of hydrogen-bond acceptors (Lipinski definition) is 6. The summed E-state index contributed by atoms with van der Waals surface area (Å²) < 4.78 is 16.9. The summed E-state index contributed by atoms with van der Waals surface area (Å²) in [6, 6.07) is 0. The third-order valence-corrected chi connectivity index (χ3v) is 16.5. The molecular formula is C77H140O6. The molecule has 0 aliphatic rings. The Morgan fingerprint density at radius 2 is 0.494 bits per heavy atom. The normalized spacial score (nSPS) is 12.4. The van der Waals surface area contributed by atoms with Crippen LogP contribution in [0.4, 0.5) is 0 Å². The summed E-state index contributed by atoms with van der Waals surface area (Å²) in [4.78, 5) is 38.4. The Morgan fingerprint density at radius 3 is 0.807 bits per heavy atom. The molecule has 0 aromatic rings. The largest absolute Gasteiger partial charge is 0.462 e. The summed E-state index contributed by atoms with van der Waals surface area (Å²) in [7, 11) is 0. The predicted molar refractivity (Wildman–Crippen MR) is 362 cm³/mol. The van der Waals surface area contributed by atoms with Gasteiger partial charge in [0.2, 0.25) is 0 Å². The molecule has 0 fully saturated rings. The number of rotatable bonds is 68. The molecule has 0 bridgehead atoms. The van der Waals surface area contributed by atoms with E-state index in [1.54, 1.807) is 0 Å². The minimum absolute atomic E-state index is 0.0933. The van der Waals surface area contributed by atoms with E-state index in [0.29, 0.717) is 19.3 Å². The van der Waals surface area contributed by atoms with Gasteiger partial charge in [0.1, 0.15) is 13.2 Å². The van der Waals surface area contributed by atoms with Crippen molar-refractivity contribution in [3.8, 4) is 0 Å². The van der Waals surface area contributed by atoms with Gasteiger partial charge in [-0.15, -0.1) is 0 Å². The van der Waals surface area contributed by atoms with Crippen molar-refractivity contribution in [2.45, 2.75) is 399 Å². The van der Waals surface area contributed by atoms with Crippen LogP contribution in [0.5, 0.6) is 0 Å². The van der Waals surface area contributed by atoms with Crippen molar-refractivity contribution in [2.24, 2.45) is 0 Å². The van der Waals surface area contributed by atoms with Crippen molar-refractivity contribution in [1.82, 2.24) is 0 Å². The van der Waals surface area contributed by atoms with Gasteiger partial charge in [0.15, 0.2) is 6.10 Å². The van der Waals surface area contributed by atoms with Crippen LogP contribution in [0.1, 0.15) is 393 Å². The molecule has 0 aromatic heterocycles. The predicted octanol–water partition coefficient (Wildman–Crippen LogP) is 25.5. The summed E-state index contributed by atoms with van der Waals surface area (Å²) in [5.41, 5.74) is 0. The molecule has 0 rings (SSSR count). The summed E-state index contributed by atoms with van der Waals surface area (Å²) in [5.74, 6) is -0.958. The molecule has 484 valence electrons. The number of esters is 3. The molecule has 0 saturated heterocycles. The van der Waals surface area contributed by atoms with Crippen molar-refractivity contribution in [1.29, 1.82) is 0 Å². The third-order valence-electron chi connectivity index (χ3n) is 16.5. The second kappa shape index (κ2) is 71.6. The van der Waals surface area contributed by atoms with Gasteiger partial charge in [0.25, 0.3) is 0 Å². The lowest BCUT2D eigenvalue weighted by Gasteiger charge is -2.18. The molecule has 6 heteroatoms. The maximum Gasteiger partial charge on any atom is 0.306 e. The molecule has 0 amide bonds. The van der Waals surface area contributed by atoms with Crippen LogP contribution >= 0.6 is 0 Å². The molecule has 6 nitrogen and oxygen atoms in total. The molecule has 0 N–H and O–H groups in total. The van der Waals surface area contributed by atoms with Crippen LogP contribution in [0.15, 0.2) is 60.8 Å².